The molecule has 22 heavy (non-hydrogen) atoms. The Morgan fingerprint density at radius 1 is 1.09 bits per heavy atom. The number of benzene rings is 2. The summed E-state index contributed by atoms with van der Waals surface area (Å²) in [4.78, 5) is 14.7. The molecular formula is C18H14BrNO2. The molecule has 2 aromatic carbocycles. The number of amides is 1. The predicted molar refractivity (Wildman–Crippen MR) is 89.8 cm³/mol. The first-order chi connectivity index (χ1) is 10.7. The van der Waals surface area contributed by atoms with Gasteiger partial charge in [0.15, 0.2) is 0 Å². The van der Waals surface area contributed by atoms with Gasteiger partial charge in [0, 0.05) is 22.7 Å². The van der Waals surface area contributed by atoms with E-state index < -0.39 is 5.60 Å². The van der Waals surface area contributed by atoms with Crippen molar-refractivity contribution in [3.05, 3.63) is 70.2 Å². The summed E-state index contributed by atoms with van der Waals surface area (Å²) in [6.45, 7) is 0.401. The normalized spacial score (nSPS) is 23.5. The molecule has 2 aliphatic heterocycles. The third-order valence-corrected chi connectivity index (χ3v) is 4.98. The molecule has 0 unspecified atom stereocenters. The van der Waals surface area contributed by atoms with Crippen LogP contribution in [0.5, 0.6) is 0 Å². The van der Waals surface area contributed by atoms with Crippen LogP contribution >= 0.6 is 15.9 Å². The van der Waals surface area contributed by atoms with Crippen LogP contribution in [0.25, 0.3) is 5.57 Å². The zero-order valence-corrected chi connectivity index (χ0v) is 13.6. The molecule has 0 radical (unpaired) electrons. The van der Waals surface area contributed by atoms with Crippen molar-refractivity contribution in [3.63, 3.8) is 0 Å². The highest BCUT2D eigenvalue weighted by Gasteiger charge is 2.57. The zero-order chi connectivity index (χ0) is 15.3. The van der Waals surface area contributed by atoms with Crippen LogP contribution in [0, 0.1) is 0 Å². The highest BCUT2D eigenvalue weighted by atomic mass is 79.9. The second-order valence-corrected chi connectivity index (χ2v) is 6.45. The largest absolute Gasteiger partial charge is 0.350 e. The minimum absolute atomic E-state index is 0.0398. The number of nitrogens with zero attached hydrogens (tertiary/aromatic N) is 1. The highest BCUT2D eigenvalue weighted by Crippen LogP contribution is 2.54. The van der Waals surface area contributed by atoms with Crippen LogP contribution in [-0.2, 0) is 15.1 Å². The first-order valence-corrected chi connectivity index (χ1v) is 7.91. The molecule has 4 heteroatoms. The van der Waals surface area contributed by atoms with Gasteiger partial charge in [-0.15, -0.1) is 0 Å². The van der Waals surface area contributed by atoms with Crippen molar-refractivity contribution in [1.29, 1.82) is 0 Å². The molecule has 0 fully saturated rings. The van der Waals surface area contributed by atoms with Crippen LogP contribution in [0.3, 0.4) is 0 Å². The minimum Gasteiger partial charge on any atom is -0.350 e. The maximum absolute atomic E-state index is 13.1. The van der Waals surface area contributed by atoms with Crippen molar-refractivity contribution in [1.82, 2.24) is 0 Å². The number of carbonyl (C=O) groups is 1. The Morgan fingerprint density at radius 2 is 1.77 bits per heavy atom. The Labute approximate surface area is 137 Å². The maximum atomic E-state index is 13.1. The van der Waals surface area contributed by atoms with Gasteiger partial charge in [-0.05, 0) is 11.6 Å². The van der Waals surface area contributed by atoms with E-state index in [4.69, 9.17) is 4.74 Å². The van der Waals surface area contributed by atoms with Gasteiger partial charge in [-0.1, -0.05) is 64.5 Å². The number of ether oxygens (including phenoxy) is 1. The lowest BCUT2D eigenvalue weighted by molar-refractivity contribution is -0.133. The van der Waals surface area contributed by atoms with Crippen molar-refractivity contribution < 1.29 is 9.53 Å². The van der Waals surface area contributed by atoms with Gasteiger partial charge in [0.25, 0.3) is 5.91 Å². The lowest BCUT2D eigenvalue weighted by Crippen LogP contribution is -2.39. The van der Waals surface area contributed by atoms with Crippen molar-refractivity contribution in [2.24, 2.45) is 0 Å². The van der Waals surface area contributed by atoms with Gasteiger partial charge in [0.1, 0.15) is 0 Å². The molecule has 1 atom stereocenters. The molecule has 1 spiro atoms. The molecule has 0 saturated heterocycles. The molecule has 0 aromatic heterocycles. The van der Waals surface area contributed by atoms with E-state index in [0.29, 0.717) is 6.61 Å². The average Bonchev–Trinajstić information content (AvgIpc) is 3.01. The highest BCUT2D eigenvalue weighted by molar-refractivity contribution is 9.11. The molecule has 2 heterocycles. The van der Waals surface area contributed by atoms with Gasteiger partial charge in [-0.3, -0.25) is 4.79 Å². The Hall–Kier alpha value is -1.91. The summed E-state index contributed by atoms with van der Waals surface area (Å²) in [5.74, 6) is -0.0398. The van der Waals surface area contributed by atoms with Crippen LogP contribution in [0.1, 0.15) is 11.1 Å². The summed E-state index contributed by atoms with van der Waals surface area (Å²) < 4.78 is 7.01. The minimum atomic E-state index is -1.04. The molecule has 0 aliphatic carbocycles. The fraction of sp³-hybridized carbons (Fsp3) is 0.167. The van der Waals surface area contributed by atoms with Crippen molar-refractivity contribution >= 4 is 33.1 Å². The Balaban J connectivity index is 2.01. The quantitative estimate of drug-likeness (QED) is 0.780. The SMILES string of the molecule is CN1C(=O)[C@]2(OCC(Br)=C2c2ccccc2)c2ccccc21. The second-order valence-electron chi connectivity index (χ2n) is 5.50. The van der Waals surface area contributed by atoms with Crippen molar-refractivity contribution in [2.45, 2.75) is 5.60 Å². The van der Waals surface area contributed by atoms with E-state index in [2.05, 4.69) is 15.9 Å². The summed E-state index contributed by atoms with van der Waals surface area (Å²) in [6.07, 6.45) is 0. The topological polar surface area (TPSA) is 29.5 Å². The molecule has 0 N–H and O–H groups in total. The Kier molecular flexibility index (Phi) is 2.99. The molecule has 3 nitrogen and oxygen atoms in total. The summed E-state index contributed by atoms with van der Waals surface area (Å²) in [7, 11) is 1.80. The number of hydrogen-bond acceptors (Lipinski definition) is 2. The van der Waals surface area contributed by atoms with Crippen LogP contribution in [0.2, 0.25) is 0 Å². The molecule has 0 bridgehead atoms. The van der Waals surface area contributed by atoms with E-state index >= 15 is 0 Å². The Morgan fingerprint density at radius 3 is 2.55 bits per heavy atom. The number of rotatable bonds is 1. The fourth-order valence-corrected chi connectivity index (χ4v) is 4.00. The number of likely N-dealkylation sites (N-methyl/N-ethyl adjacent to an activating group) is 1. The van der Waals surface area contributed by atoms with Gasteiger partial charge in [-0.2, -0.15) is 0 Å². The molecule has 2 aromatic rings. The van der Waals surface area contributed by atoms with E-state index in [9.17, 15) is 4.79 Å². The zero-order valence-electron chi connectivity index (χ0n) is 12.0. The number of carbonyl (C=O) groups excluding carboxylic acids is 1. The molecule has 2 aliphatic rings. The van der Waals surface area contributed by atoms with Crippen molar-refractivity contribution in [3.8, 4) is 0 Å². The third kappa shape index (κ3) is 1.62. The number of fused-ring (bicyclic) bond motifs is 2. The fourth-order valence-electron chi connectivity index (χ4n) is 3.38. The smallest absolute Gasteiger partial charge is 0.268 e. The summed E-state index contributed by atoms with van der Waals surface area (Å²) in [6, 6.07) is 17.8. The van der Waals surface area contributed by atoms with Gasteiger partial charge in [-0.25, -0.2) is 0 Å². The van der Waals surface area contributed by atoms with E-state index in [1.165, 1.54) is 0 Å². The summed E-state index contributed by atoms with van der Waals surface area (Å²) >= 11 is 3.61. The molecule has 110 valence electrons. The number of para-hydroxylation sites is 1. The third-order valence-electron chi connectivity index (χ3n) is 4.35. The van der Waals surface area contributed by atoms with Gasteiger partial charge in [0.2, 0.25) is 5.60 Å². The van der Waals surface area contributed by atoms with Gasteiger partial charge >= 0.3 is 0 Å². The van der Waals surface area contributed by atoms with E-state index in [1.807, 2.05) is 54.6 Å². The van der Waals surface area contributed by atoms with E-state index in [0.717, 1.165) is 26.9 Å². The standard InChI is InChI=1S/C18H14BrNO2/c1-20-15-10-6-5-9-13(15)18(17(20)21)16(14(19)11-22-18)12-7-3-2-4-8-12/h2-10H,11H2,1H3/t18-/m0/s1. The molecule has 1 amide bonds. The summed E-state index contributed by atoms with van der Waals surface area (Å²) in [5, 5.41) is 0. The average molecular weight is 356 g/mol. The second kappa shape index (κ2) is 4.80. The van der Waals surface area contributed by atoms with Crippen LogP contribution in [0.15, 0.2) is 59.1 Å². The first-order valence-electron chi connectivity index (χ1n) is 7.12. The van der Waals surface area contributed by atoms with Crippen LogP contribution in [0.4, 0.5) is 5.69 Å². The lowest BCUT2D eigenvalue weighted by atomic mass is 9.84. The lowest BCUT2D eigenvalue weighted by Gasteiger charge is -2.26. The van der Waals surface area contributed by atoms with E-state index in [1.54, 1.807) is 11.9 Å². The maximum Gasteiger partial charge on any atom is 0.268 e. The first kappa shape index (κ1) is 13.7. The Bertz CT molecular complexity index is 800. The molecular weight excluding hydrogens is 342 g/mol. The molecule has 0 saturated carbocycles. The molecule has 4 rings (SSSR count). The number of halogens is 1. The van der Waals surface area contributed by atoms with Gasteiger partial charge in [0.05, 0.1) is 12.3 Å². The van der Waals surface area contributed by atoms with E-state index in [-0.39, 0.29) is 5.91 Å². The number of anilines is 1. The monoisotopic (exact) mass is 355 g/mol. The van der Waals surface area contributed by atoms with Crippen LogP contribution in [-0.4, -0.2) is 19.6 Å². The van der Waals surface area contributed by atoms with Crippen LogP contribution < -0.4 is 4.90 Å². The van der Waals surface area contributed by atoms with Gasteiger partial charge < -0.3 is 9.64 Å². The van der Waals surface area contributed by atoms with Crippen molar-refractivity contribution in [2.75, 3.05) is 18.6 Å². The number of hydrogen-bond donors (Lipinski definition) is 0. The predicted octanol–water partition coefficient (Wildman–Crippen LogP) is 3.69. The summed E-state index contributed by atoms with van der Waals surface area (Å²) in [5.41, 5.74) is 2.70.